The number of halogens is 1. The van der Waals surface area contributed by atoms with Crippen molar-refractivity contribution in [3.05, 3.63) is 35.1 Å². The minimum Gasteiger partial charge on any atom is -0.355 e. The zero-order valence-corrected chi connectivity index (χ0v) is 10.3. The maximum Gasteiger partial charge on any atom is 0.216 e. The van der Waals surface area contributed by atoms with Gasteiger partial charge in [-0.2, -0.15) is 0 Å². The van der Waals surface area contributed by atoms with Crippen molar-refractivity contribution in [1.82, 2.24) is 5.32 Å². The molecule has 0 aliphatic carbocycles. The van der Waals surface area contributed by atoms with Gasteiger partial charge in [-0.25, -0.2) is 4.39 Å². The van der Waals surface area contributed by atoms with Gasteiger partial charge in [-0.05, 0) is 19.1 Å². The van der Waals surface area contributed by atoms with E-state index < -0.39 is 5.82 Å². The summed E-state index contributed by atoms with van der Waals surface area (Å²) in [5.74, 6) is 4.37. The summed E-state index contributed by atoms with van der Waals surface area (Å²) in [6, 6.07) is 4.55. The van der Waals surface area contributed by atoms with Crippen molar-refractivity contribution in [2.24, 2.45) is 0 Å². The van der Waals surface area contributed by atoms with E-state index in [0.29, 0.717) is 13.0 Å². The summed E-state index contributed by atoms with van der Waals surface area (Å²) in [5.41, 5.74) is 0.245. The summed E-state index contributed by atoms with van der Waals surface area (Å²) < 4.78 is 13.8. The number of benzene rings is 1. The van der Waals surface area contributed by atoms with Crippen LogP contribution in [0.4, 0.5) is 4.39 Å². The van der Waals surface area contributed by atoms with Crippen LogP contribution in [0.5, 0.6) is 0 Å². The van der Waals surface area contributed by atoms with Crippen LogP contribution < -0.4 is 5.32 Å². The first kappa shape index (κ1) is 13.9. The third-order valence-electron chi connectivity index (χ3n) is 2.23. The van der Waals surface area contributed by atoms with Gasteiger partial charge >= 0.3 is 0 Å². The van der Waals surface area contributed by atoms with Crippen LogP contribution in [-0.4, -0.2) is 18.2 Å². The Labute approximate surface area is 105 Å². The quantitative estimate of drug-likeness (QED) is 0.504. The van der Waals surface area contributed by atoms with Crippen molar-refractivity contribution in [2.45, 2.75) is 20.3 Å². The molecule has 94 valence electrons. The van der Waals surface area contributed by atoms with Crippen molar-refractivity contribution in [2.75, 3.05) is 6.54 Å². The zero-order valence-electron chi connectivity index (χ0n) is 10.3. The number of carbonyl (C=O) groups is 2. The smallest absolute Gasteiger partial charge is 0.216 e. The van der Waals surface area contributed by atoms with E-state index in [1.807, 2.05) is 0 Å². The Morgan fingerprint density at radius 2 is 2.06 bits per heavy atom. The lowest BCUT2D eigenvalue weighted by Crippen LogP contribution is -2.20. The molecule has 0 bridgehead atoms. The average Bonchev–Trinajstić information content (AvgIpc) is 2.30. The average molecular weight is 247 g/mol. The van der Waals surface area contributed by atoms with E-state index in [2.05, 4.69) is 17.2 Å². The third kappa shape index (κ3) is 4.02. The van der Waals surface area contributed by atoms with Gasteiger partial charge in [-0.15, -0.1) is 0 Å². The van der Waals surface area contributed by atoms with Gasteiger partial charge in [0, 0.05) is 19.9 Å². The van der Waals surface area contributed by atoms with Gasteiger partial charge in [0.2, 0.25) is 5.91 Å². The number of ketones is 1. The largest absolute Gasteiger partial charge is 0.355 e. The van der Waals surface area contributed by atoms with Crippen LogP contribution >= 0.6 is 0 Å². The molecule has 0 aliphatic rings. The molecule has 0 atom stereocenters. The fraction of sp³-hybridized carbons (Fsp3) is 0.286. The molecular formula is C14H14FNO2. The lowest BCUT2D eigenvalue weighted by atomic mass is 10.1. The normalized spacial score (nSPS) is 9.28. The van der Waals surface area contributed by atoms with Crippen LogP contribution in [-0.2, 0) is 4.79 Å². The highest BCUT2D eigenvalue weighted by atomic mass is 19.1. The number of hydrogen-bond acceptors (Lipinski definition) is 2. The zero-order chi connectivity index (χ0) is 13.5. The van der Waals surface area contributed by atoms with Gasteiger partial charge in [0.25, 0.3) is 0 Å². The van der Waals surface area contributed by atoms with Crippen LogP contribution in [0.3, 0.4) is 0 Å². The molecule has 1 aromatic carbocycles. The van der Waals surface area contributed by atoms with E-state index in [4.69, 9.17) is 0 Å². The molecule has 1 amide bonds. The summed E-state index contributed by atoms with van der Waals surface area (Å²) >= 11 is 0. The van der Waals surface area contributed by atoms with Crippen molar-refractivity contribution in [3.8, 4) is 11.8 Å². The maximum atomic E-state index is 13.8. The van der Waals surface area contributed by atoms with E-state index in [1.54, 1.807) is 6.07 Å². The Morgan fingerprint density at radius 3 is 2.67 bits per heavy atom. The van der Waals surface area contributed by atoms with Crippen LogP contribution in [0.1, 0.15) is 36.2 Å². The van der Waals surface area contributed by atoms with Gasteiger partial charge < -0.3 is 5.32 Å². The molecule has 0 unspecified atom stereocenters. The summed E-state index contributed by atoms with van der Waals surface area (Å²) in [5, 5.41) is 2.59. The molecule has 0 aliphatic heterocycles. The third-order valence-corrected chi connectivity index (χ3v) is 2.23. The summed E-state index contributed by atoms with van der Waals surface area (Å²) in [4.78, 5) is 21.7. The minimum absolute atomic E-state index is 0.0451. The van der Waals surface area contributed by atoms with E-state index in [9.17, 15) is 14.0 Å². The second kappa shape index (κ2) is 6.55. The highest BCUT2D eigenvalue weighted by Crippen LogP contribution is 2.12. The maximum absolute atomic E-state index is 13.8. The van der Waals surface area contributed by atoms with Crippen molar-refractivity contribution >= 4 is 11.7 Å². The second-order valence-corrected chi connectivity index (χ2v) is 3.76. The van der Waals surface area contributed by atoms with Gasteiger partial charge in [-0.3, -0.25) is 9.59 Å². The molecule has 1 aromatic rings. The van der Waals surface area contributed by atoms with E-state index in [1.165, 1.54) is 26.0 Å². The number of carbonyl (C=O) groups excluding carboxylic acids is 2. The predicted molar refractivity (Wildman–Crippen MR) is 66.6 cm³/mol. The first-order chi connectivity index (χ1) is 8.52. The highest BCUT2D eigenvalue weighted by Gasteiger charge is 2.09. The standard InChI is InChI=1S/C14H14FNO2/c1-10(17)13-8-5-7-12(14(13)15)6-3-4-9-16-11(2)18/h5,7-8H,4,9H2,1-2H3,(H,16,18). The lowest BCUT2D eigenvalue weighted by Gasteiger charge is -2.00. The van der Waals surface area contributed by atoms with E-state index in [0.717, 1.165) is 0 Å². The molecule has 0 aromatic heterocycles. The van der Waals surface area contributed by atoms with Crippen molar-refractivity contribution in [3.63, 3.8) is 0 Å². The number of amides is 1. The first-order valence-corrected chi connectivity index (χ1v) is 5.55. The fourth-order valence-electron chi connectivity index (χ4n) is 1.36. The molecule has 0 saturated heterocycles. The monoisotopic (exact) mass is 247 g/mol. The molecule has 0 saturated carbocycles. The molecule has 0 radical (unpaired) electrons. The van der Waals surface area contributed by atoms with Crippen LogP contribution in [0.25, 0.3) is 0 Å². The van der Waals surface area contributed by atoms with Gasteiger partial charge in [0.1, 0.15) is 5.82 Å². The Morgan fingerprint density at radius 1 is 1.33 bits per heavy atom. The summed E-state index contributed by atoms with van der Waals surface area (Å²) in [7, 11) is 0. The van der Waals surface area contributed by atoms with Gasteiger partial charge in [-0.1, -0.05) is 17.9 Å². The summed E-state index contributed by atoms with van der Waals surface area (Å²) in [6.07, 6.45) is 0.434. The fourth-order valence-corrected chi connectivity index (χ4v) is 1.36. The first-order valence-electron chi connectivity index (χ1n) is 5.55. The Hall–Kier alpha value is -2.15. The van der Waals surface area contributed by atoms with Crippen molar-refractivity contribution < 1.29 is 14.0 Å². The SMILES string of the molecule is CC(=O)NCCC#Cc1cccc(C(C)=O)c1F. The predicted octanol–water partition coefficient (Wildman–Crippen LogP) is 1.91. The number of Topliss-reactive ketones (excluding diaryl/α,β-unsaturated/α-hetero) is 1. The van der Waals surface area contributed by atoms with E-state index in [-0.39, 0.29) is 22.8 Å². The molecule has 0 heterocycles. The Bertz CT molecular complexity index is 526. The van der Waals surface area contributed by atoms with Gasteiger partial charge in [0.15, 0.2) is 5.78 Å². The molecule has 1 rings (SSSR count). The molecule has 0 spiro atoms. The molecular weight excluding hydrogens is 233 g/mol. The highest BCUT2D eigenvalue weighted by molar-refractivity contribution is 5.94. The Kier molecular flexibility index (Phi) is 5.06. The lowest BCUT2D eigenvalue weighted by molar-refractivity contribution is -0.118. The molecule has 18 heavy (non-hydrogen) atoms. The van der Waals surface area contributed by atoms with Crippen LogP contribution in [0.15, 0.2) is 18.2 Å². The molecule has 1 N–H and O–H groups in total. The molecule has 4 heteroatoms. The van der Waals surface area contributed by atoms with Gasteiger partial charge in [0.05, 0.1) is 11.1 Å². The number of rotatable bonds is 3. The molecule has 3 nitrogen and oxygen atoms in total. The number of hydrogen-bond donors (Lipinski definition) is 1. The van der Waals surface area contributed by atoms with Crippen LogP contribution in [0.2, 0.25) is 0 Å². The molecule has 0 fully saturated rings. The number of nitrogens with one attached hydrogen (secondary N) is 1. The van der Waals surface area contributed by atoms with Crippen LogP contribution in [0, 0.1) is 17.7 Å². The topological polar surface area (TPSA) is 46.2 Å². The van der Waals surface area contributed by atoms with Crippen molar-refractivity contribution in [1.29, 1.82) is 0 Å². The summed E-state index contributed by atoms with van der Waals surface area (Å²) in [6.45, 7) is 3.16. The Balaban J connectivity index is 2.74. The second-order valence-electron chi connectivity index (χ2n) is 3.76. The minimum atomic E-state index is -0.586. The van der Waals surface area contributed by atoms with E-state index >= 15 is 0 Å².